The minimum absolute atomic E-state index is 0.444. The standard InChI is InChI=1S/C13H16N2O2S/c1-3-12-14-15-13(17-12)8-18-11-6-4-5-10(7-11)9(2)16/h4-7,9,16H,3,8H2,1-2H3. The van der Waals surface area contributed by atoms with Crippen molar-refractivity contribution in [3.05, 3.63) is 41.6 Å². The van der Waals surface area contributed by atoms with Gasteiger partial charge in [0.1, 0.15) is 0 Å². The highest BCUT2D eigenvalue weighted by Crippen LogP contribution is 2.25. The first-order chi connectivity index (χ1) is 8.69. The summed E-state index contributed by atoms with van der Waals surface area (Å²) in [4.78, 5) is 1.09. The number of hydrogen-bond acceptors (Lipinski definition) is 5. The zero-order valence-electron chi connectivity index (χ0n) is 10.5. The van der Waals surface area contributed by atoms with Crippen molar-refractivity contribution in [2.75, 3.05) is 0 Å². The molecular weight excluding hydrogens is 248 g/mol. The van der Waals surface area contributed by atoms with E-state index in [0.717, 1.165) is 16.9 Å². The maximum Gasteiger partial charge on any atom is 0.226 e. The van der Waals surface area contributed by atoms with Crippen molar-refractivity contribution in [3.63, 3.8) is 0 Å². The Morgan fingerprint density at radius 3 is 2.78 bits per heavy atom. The van der Waals surface area contributed by atoms with Crippen LogP contribution in [0.2, 0.25) is 0 Å². The lowest BCUT2D eigenvalue weighted by Crippen LogP contribution is -1.90. The van der Waals surface area contributed by atoms with Crippen LogP contribution in [-0.2, 0) is 12.2 Å². The predicted molar refractivity (Wildman–Crippen MR) is 70.3 cm³/mol. The number of aliphatic hydroxyl groups is 1. The zero-order chi connectivity index (χ0) is 13.0. The Morgan fingerprint density at radius 1 is 1.33 bits per heavy atom. The van der Waals surface area contributed by atoms with Crippen molar-refractivity contribution in [2.24, 2.45) is 0 Å². The molecule has 0 aliphatic heterocycles. The number of aliphatic hydroxyl groups excluding tert-OH is 1. The zero-order valence-corrected chi connectivity index (χ0v) is 11.3. The fourth-order valence-electron chi connectivity index (χ4n) is 1.50. The minimum atomic E-state index is -0.444. The van der Waals surface area contributed by atoms with Crippen molar-refractivity contribution >= 4 is 11.8 Å². The fourth-order valence-corrected chi connectivity index (χ4v) is 2.30. The second kappa shape index (κ2) is 6.02. The third kappa shape index (κ3) is 3.34. The van der Waals surface area contributed by atoms with E-state index in [1.807, 2.05) is 31.2 Å². The monoisotopic (exact) mass is 264 g/mol. The van der Waals surface area contributed by atoms with Crippen LogP contribution < -0.4 is 0 Å². The van der Waals surface area contributed by atoms with Gasteiger partial charge in [-0.3, -0.25) is 0 Å². The molecule has 0 aliphatic rings. The summed E-state index contributed by atoms with van der Waals surface area (Å²) in [5, 5.41) is 17.4. The van der Waals surface area contributed by atoms with E-state index in [0.29, 0.717) is 17.5 Å². The lowest BCUT2D eigenvalue weighted by Gasteiger charge is -2.06. The van der Waals surface area contributed by atoms with Crippen molar-refractivity contribution in [1.29, 1.82) is 0 Å². The van der Waals surface area contributed by atoms with Crippen LogP contribution in [-0.4, -0.2) is 15.3 Å². The quantitative estimate of drug-likeness (QED) is 0.841. The van der Waals surface area contributed by atoms with Crippen LogP contribution in [0, 0.1) is 0 Å². The summed E-state index contributed by atoms with van der Waals surface area (Å²) in [6.07, 6.45) is 0.315. The van der Waals surface area contributed by atoms with Gasteiger partial charge in [0.15, 0.2) is 0 Å². The molecule has 4 nitrogen and oxygen atoms in total. The van der Waals surface area contributed by atoms with Crippen LogP contribution >= 0.6 is 11.8 Å². The smallest absolute Gasteiger partial charge is 0.226 e. The molecule has 1 unspecified atom stereocenters. The van der Waals surface area contributed by atoms with Crippen LogP contribution in [0.5, 0.6) is 0 Å². The number of aryl methyl sites for hydroxylation is 1. The number of thioether (sulfide) groups is 1. The predicted octanol–water partition coefficient (Wildman–Crippen LogP) is 2.98. The Morgan fingerprint density at radius 2 is 2.11 bits per heavy atom. The highest BCUT2D eigenvalue weighted by Gasteiger charge is 2.06. The fraction of sp³-hybridized carbons (Fsp3) is 0.385. The van der Waals surface area contributed by atoms with Gasteiger partial charge in [-0.25, -0.2) is 0 Å². The second-order valence-corrected chi connectivity index (χ2v) is 5.03. The van der Waals surface area contributed by atoms with Crippen LogP contribution in [0.3, 0.4) is 0 Å². The summed E-state index contributed by atoms with van der Waals surface area (Å²) in [6.45, 7) is 3.74. The third-order valence-corrected chi connectivity index (χ3v) is 3.49. The van der Waals surface area contributed by atoms with Crippen LogP contribution in [0.4, 0.5) is 0 Å². The second-order valence-electron chi connectivity index (χ2n) is 3.98. The van der Waals surface area contributed by atoms with E-state index in [-0.39, 0.29) is 0 Å². The first kappa shape index (κ1) is 13.1. The van der Waals surface area contributed by atoms with Gasteiger partial charge >= 0.3 is 0 Å². The molecule has 0 aliphatic carbocycles. The van der Waals surface area contributed by atoms with Gasteiger partial charge in [-0.1, -0.05) is 19.1 Å². The summed E-state index contributed by atoms with van der Waals surface area (Å²) in [5.41, 5.74) is 0.916. The first-order valence-electron chi connectivity index (χ1n) is 5.91. The SMILES string of the molecule is CCc1nnc(CSc2cccc(C(C)O)c2)o1. The van der Waals surface area contributed by atoms with Crippen molar-refractivity contribution in [2.45, 2.75) is 37.0 Å². The van der Waals surface area contributed by atoms with E-state index < -0.39 is 6.10 Å². The average molecular weight is 264 g/mol. The molecule has 18 heavy (non-hydrogen) atoms. The molecule has 0 spiro atoms. The Bertz CT molecular complexity index is 511. The number of benzene rings is 1. The van der Waals surface area contributed by atoms with E-state index in [9.17, 15) is 5.11 Å². The number of rotatable bonds is 5. The minimum Gasteiger partial charge on any atom is -0.424 e. The molecule has 0 radical (unpaired) electrons. The molecule has 96 valence electrons. The number of hydrogen-bond donors (Lipinski definition) is 1. The Kier molecular flexibility index (Phi) is 4.38. The maximum absolute atomic E-state index is 9.52. The van der Waals surface area contributed by atoms with Gasteiger partial charge in [-0.05, 0) is 24.6 Å². The number of aromatic nitrogens is 2. The van der Waals surface area contributed by atoms with Crippen LogP contribution in [0.15, 0.2) is 33.6 Å². The van der Waals surface area contributed by atoms with E-state index in [1.54, 1.807) is 18.7 Å². The largest absolute Gasteiger partial charge is 0.424 e. The molecule has 0 saturated carbocycles. The highest BCUT2D eigenvalue weighted by molar-refractivity contribution is 7.98. The average Bonchev–Trinajstić information content (AvgIpc) is 2.84. The van der Waals surface area contributed by atoms with Gasteiger partial charge in [-0.15, -0.1) is 22.0 Å². The molecule has 1 aromatic carbocycles. The van der Waals surface area contributed by atoms with E-state index in [2.05, 4.69) is 10.2 Å². The van der Waals surface area contributed by atoms with Gasteiger partial charge in [0.2, 0.25) is 11.8 Å². The molecule has 1 N–H and O–H groups in total. The van der Waals surface area contributed by atoms with E-state index in [4.69, 9.17) is 4.42 Å². The molecule has 0 saturated heterocycles. The van der Waals surface area contributed by atoms with Crippen molar-refractivity contribution in [3.8, 4) is 0 Å². The molecular formula is C13H16N2O2S. The summed E-state index contributed by atoms with van der Waals surface area (Å²) < 4.78 is 5.44. The molecule has 1 heterocycles. The Labute approximate surface area is 110 Å². The van der Waals surface area contributed by atoms with Gasteiger partial charge < -0.3 is 9.52 Å². The normalized spacial score (nSPS) is 12.6. The summed E-state index contributed by atoms with van der Waals surface area (Å²) in [7, 11) is 0. The van der Waals surface area contributed by atoms with E-state index >= 15 is 0 Å². The first-order valence-corrected chi connectivity index (χ1v) is 6.89. The van der Waals surface area contributed by atoms with Gasteiger partial charge in [0.05, 0.1) is 11.9 Å². The lowest BCUT2D eigenvalue weighted by molar-refractivity contribution is 0.199. The topological polar surface area (TPSA) is 59.2 Å². The van der Waals surface area contributed by atoms with Gasteiger partial charge in [-0.2, -0.15) is 0 Å². The van der Waals surface area contributed by atoms with Crippen LogP contribution in [0.1, 0.15) is 37.3 Å². The molecule has 0 fully saturated rings. The summed E-state index contributed by atoms with van der Waals surface area (Å²) >= 11 is 1.62. The van der Waals surface area contributed by atoms with Crippen molar-refractivity contribution < 1.29 is 9.52 Å². The molecule has 1 atom stereocenters. The lowest BCUT2D eigenvalue weighted by atomic mass is 10.1. The Hall–Kier alpha value is -1.33. The molecule has 5 heteroatoms. The van der Waals surface area contributed by atoms with Gasteiger partial charge in [0.25, 0.3) is 0 Å². The highest BCUT2D eigenvalue weighted by atomic mass is 32.2. The molecule has 1 aromatic heterocycles. The molecule has 0 bridgehead atoms. The van der Waals surface area contributed by atoms with E-state index in [1.165, 1.54) is 0 Å². The summed E-state index contributed by atoms with van der Waals surface area (Å²) in [6, 6.07) is 7.84. The molecule has 2 rings (SSSR count). The Balaban J connectivity index is 1.99. The maximum atomic E-state index is 9.52. The summed E-state index contributed by atoms with van der Waals surface area (Å²) in [5.74, 6) is 1.96. The van der Waals surface area contributed by atoms with Gasteiger partial charge in [0, 0.05) is 11.3 Å². The molecule has 2 aromatic rings. The third-order valence-electron chi connectivity index (χ3n) is 2.51. The number of nitrogens with zero attached hydrogens (tertiary/aromatic N) is 2. The van der Waals surface area contributed by atoms with Crippen LogP contribution in [0.25, 0.3) is 0 Å². The molecule has 0 amide bonds. The van der Waals surface area contributed by atoms with Crippen molar-refractivity contribution in [1.82, 2.24) is 10.2 Å².